The van der Waals surface area contributed by atoms with E-state index in [-0.39, 0.29) is 22.3 Å². The Labute approximate surface area is 133 Å². The lowest BCUT2D eigenvalue weighted by Gasteiger charge is -2.70. The quantitative estimate of drug-likeness (QED) is 0.730. The van der Waals surface area contributed by atoms with Gasteiger partial charge in [0.1, 0.15) is 11.4 Å². The van der Waals surface area contributed by atoms with Crippen LogP contribution in [-0.4, -0.2) is 29.7 Å². The number of fused-ring (bicyclic) bond motifs is 1. The summed E-state index contributed by atoms with van der Waals surface area (Å²) in [7, 11) is 1.76. The van der Waals surface area contributed by atoms with Crippen LogP contribution in [0.3, 0.4) is 0 Å². The van der Waals surface area contributed by atoms with E-state index < -0.39 is 11.2 Å². The number of ether oxygens (including phenoxy) is 2. The molecule has 0 N–H and O–H groups in total. The minimum atomic E-state index is -0.518. The van der Waals surface area contributed by atoms with Crippen molar-refractivity contribution in [2.24, 2.45) is 16.7 Å². The van der Waals surface area contributed by atoms with E-state index in [1.54, 1.807) is 7.11 Å². The average molecular weight is 304 g/mol. The van der Waals surface area contributed by atoms with Gasteiger partial charge in [0.2, 0.25) is 0 Å². The van der Waals surface area contributed by atoms with Gasteiger partial charge in [0.15, 0.2) is 0 Å². The largest absolute Gasteiger partial charge is 0.375 e. The van der Waals surface area contributed by atoms with Crippen LogP contribution in [0.2, 0.25) is 0 Å². The Bertz CT molecular complexity index is 571. The molecule has 5 fully saturated rings. The molecule has 6 atom stereocenters. The van der Waals surface area contributed by atoms with Crippen molar-refractivity contribution < 1.29 is 14.3 Å². The van der Waals surface area contributed by atoms with Crippen LogP contribution in [0, 0.1) is 16.7 Å². The predicted molar refractivity (Wildman–Crippen MR) is 84.6 cm³/mol. The van der Waals surface area contributed by atoms with Gasteiger partial charge in [0.05, 0.1) is 17.1 Å². The molecule has 5 rings (SSSR count). The van der Waals surface area contributed by atoms with E-state index >= 15 is 0 Å². The van der Waals surface area contributed by atoms with Crippen molar-refractivity contribution in [1.82, 2.24) is 0 Å². The van der Waals surface area contributed by atoms with Gasteiger partial charge in [-0.1, -0.05) is 25.8 Å². The second-order valence-corrected chi connectivity index (χ2v) is 8.69. The van der Waals surface area contributed by atoms with Gasteiger partial charge in [-0.3, -0.25) is 4.79 Å². The lowest BCUT2D eigenvalue weighted by atomic mass is 9.41. The normalized spacial score (nSPS) is 59.5. The first-order chi connectivity index (χ1) is 10.2. The summed E-state index contributed by atoms with van der Waals surface area (Å²) in [6.45, 7) is 10.8. The van der Waals surface area contributed by atoms with Crippen molar-refractivity contribution in [2.75, 3.05) is 7.11 Å². The Morgan fingerprint density at radius 3 is 2.59 bits per heavy atom. The molecular formula is C19H28O3. The summed E-state index contributed by atoms with van der Waals surface area (Å²) in [6, 6.07) is 0. The fourth-order valence-corrected chi connectivity index (χ4v) is 7.22. The molecule has 0 aromatic carbocycles. The molecule has 2 aliphatic heterocycles. The fraction of sp³-hybridized carbons (Fsp3) is 0.842. The van der Waals surface area contributed by atoms with E-state index in [4.69, 9.17) is 9.47 Å². The van der Waals surface area contributed by atoms with E-state index in [0.29, 0.717) is 12.2 Å². The van der Waals surface area contributed by atoms with E-state index in [0.717, 1.165) is 25.7 Å². The lowest BCUT2D eigenvalue weighted by Crippen LogP contribution is -2.76. The van der Waals surface area contributed by atoms with Gasteiger partial charge < -0.3 is 9.47 Å². The maximum atomic E-state index is 13.1. The third kappa shape index (κ3) is 1.18. The maximum Gasteiger partial charge on any atom is 0.142 e. The molecule has 3 nitrogen and oxygen atoms in total. The minimum Gasteiger partial charge on any atom is -0.375 e. The molecule has 2 saturated heterocycles. The first-order valence-corrected chi connectivity index (χ1v) is 8.66. The topological polar surface area (TPSA) is 35.5 Å². The molecule has 0 aromatic rings. The van der Waals surface area contributed by atoms with Gasteiger partial charge >= 0.3 is 0 Å². The van der Waals surface area contributed by atoms with Crippen LogP contribution in [0.15, 0.2) is 12.7 Å². The zero-order chi connectivity index (χ0) is 16.0. The molecule has 3 saturated carbocycles. The molecule has 0 radical (unpaired) electrons. The first-order valence-electron chi connectivity index (χ1n) is 8.66. The summed E-state index contributed by atoms with van der Waals surface area (Å²) in [4.78, 5) is 13.1. The predicted octanol–water partition coefficient (Wildman–Crippen LogP) is 3.66. The number of Topliss-reactive ketones (excluding diaryl/α,β-unsaturated/α-hetero) is 1. The Kier molecular flexibility index (Phi) is 2.62. The summed E-state index contributed by atoms with van der Waals surface area (Å²) in [6.07, 6.45) is 7.99. The van der Waals surface area contributed by atoms with Crippen LogP contribution in [0.25, 0.3) is 0 Å². The SMILES string of the molecule is C=CC12CCCCC13CC(=O)C1C(C)(O3)C(C)(OC)C[C@]12C. The first kappa shape index (κ1) is 14.9. The Morgan fingerprint density at radius 2 is 1.95 bits per heavy atom. The van der Waals surface area contributed by atoms with Crippen molar-refractivity contribution in [3.8, 4) is 0 Å². The van der Waals surface area contributed by atoms with Crippen LogP contribution >= 0.6 is 0 Å². The summed E-state index contributed by atoms with van der Waals surface area (Å²) >= 11 is 0. The molecule has 5 aliphatic rings. The van der Waals surface area contributed by atoms with Crippen molar-refractivity contribution in [3.05, 3.63) is 12.7 Å². The molecule has 1 spiro atoms. The highest BCUT2D eigenvalue weighted by Gasteiger charge is 2.84. The summed E-state index contributed by atoms with van der Waals surface area (Å²) < 4.78 is 12.8. The van der Waals surface area contributed by atoms with Gasteiger partial charge in [-0.25, -0.2) is 0 Å². The second-order valence-electron chi connectivity index (χ2n) is 8.69. The Balaban J connectivity index is 2.02. The van der Waals surface area contributed by atoms with E-state index in [1.807, 2.05) is 0 Å². The van der Waals surface area contributed by atoms with Crippen LogP contribution in [0.1, 0.15) is 59.3 Å². The van der Waals surface area contributed by atoms with E-state index in [2.05, 4.69) is 33.4 Å². The molecule has 5 unspecified atom stereocenters. The number of hydrogen-bond donors (Lipinski definition) is 0. The van der Waals surface area contributed by atoms with Crippen LogP contribution in [0.4, 0.5) is 0 Å². The molecule has 2 heterocycles. The zero-order valence-electron chi connectivity index (χ0n) is 14.3. The second kappa shape index (κ2) is 3.87. The van der Waals surface area contributed by atoms with Crippen molar-refractivity contribution in [3.63, 3.8) is 0 Å². The van der Waals surface area contributed by atoms with Gasteiger partial charge in [-0.2, -0.15) is 0 Å². The van der Waals surface area contributed by atoms with Crippen molar-refractivity contribution >= 4 is 5.78 Å². The number of methoxy groups -OCH3 is 1. The average Bonchev–Trinajstić information content (AvgIpc) is 2.61. The number of carbonyl (C=O) groups is 1. The van der Waals surface area contributed by atoms with Gasteiger partial charge in [-0.05, 0) is 38.5 Å². The molecule has 0 amide bonds. The standard InChI is InChI=1S/C19H28O3/c1-6-18-9-7-8-10-19(18)11-13(20)14-15(18,2)12-16(3,21-5)17(14,4)22-19/h6,14H,1,7-12H2,2-5H3/t14?,15-,16?,17?,18?,19?/m1/s1. The van der Waals surface area contributed by atoms with Crippen molar-refractivity contribution in [2.45, 2.75) is 76.1 Å². The van der Waals surface area contributed by atoms with Crippen LogP contribution < -0.4 is 0 Å². The van der Waals surface area contributed by atoms with Gasteiger partial charge in [-0.15, -0.1) is 6.58 Å². The molecule has 3 heteroatoms. The number of hydrogen-bond acceptors (Lipinski definition) is 3. The highest BCUT2D eigenvalue weighted by Crippen LogP contribution is 2.78. The Morgan fingerprint density at radius 1 is 1.27 bits per heavy atom. The molecular weight excluding hydrogens is 276 g/mol. The van der Waals surface area contributed by atoms with Crippen LogP contribution in [-0.2, 0) is 14.3 Å². The third-order valence-electron chi connectivity index (χ3n) is 8.16. The number of carbonyl (C=O) groups excluding carboxylic acids is 1. The maximum absolute atomic E-state index is 13.1. The summed E-state index contributed by atoms with van der Waals surface area (Å²) in [5, 5.41) is 0. The molecule has 4 bridgehead atoms. The van der Waals surface area contributed by atoms with E-state index in [9.17, 15) is 4.79 Å². The van der Waals surface area contributed by atoms with Crippen LogP contribution in [0.5, 0.6) is 0 Å². The third-order valence-corrected chi connectivity index (χ3v) is 8.16. The molecule has 0 aromatic heterocycles. The smallest absolute Gasteiger partial charge is 0.142 e. The Hall–Kier alpha value is -0.670. The highest BCUT2D eigenvalue weighted by molar-refractivity contribution is 5.88. The molecule has 22 heavy (non-hydrogen) atoms. The lowest BCUT2D eigenvalue weighted by molar-refractivity contribution is -0.327. The minimum absolute atomic E-state index is 0.0806. The monoisotopic (exact) mass is 304 g/mol. The number of ketones is 1. The molecule has 122 valence electrons. The summed E-state index contributed by atoms with van der Waals surface area (Å²) in [5.74, 6) is 0.305. The van der Waals surface area contributed by atoms with Crippen molar-refractivity contribution in [1.29, 1.82) is 0 Å². The summed E-state index contributed by atoms with van der Waals surface area (Å²) in [5.41, 5.74) is -1.49. The van der Waals surface area contributed by atoms with Gasteiger partial charge in [0, 0.05) is 18.9 Å². The highest BCUT2D eigenvalue weighted by atomic mass is 16.6. The number of rotatable bonds is 2. The van der Waals surface area contributed by atoms with Gasteiger partial charge in [0.25, 0.3) is 0 Å². The molecule has 3 aliphatic carbocycles. The fourth-order valence-electron chi connectivity index (χ4n) is 7.22. The zero-order valence-corrected chi connectivity index (χ0v) is 14.3. The van der Waals surface area contributed by atoms with E-state index in [1.165, 1.54) is 6.42 Å².